The van der Waals surface area contributed by atoms with Gasteiger partial charge in [0.25, 0.3) is 0 Å². The number of unbranched alkanes of at least 4 members (excludes halogenated alkanes) is 13. The van der Waals surface area contributed by atoms with Crippen LogP contribution in [-0.4, -0.2) is 20.9 Å². The summed E-state index contributed by atoms with van der Waals surface area (Å²) in [6.45, 7) is 2.25. The summed E-state index contributed by atoms with van der Waals surface area (Å²) in [5.41, 5.74) is 0.528. The molecule has 7 heteroatoms. The normalized spacial score (nSPS) is 11.8. The van der Waals surface area contributed by atoms with E-state index in [0.29, 0.717) is 4.57 Å². The third-order valence-corrected chi connectivity index (χ3v) is 6.26. The van der Waals surface area contributed by atoms with Crippen molar-refractivity contribution in [3.63, 3.8) is 0 Å². The number of rotatable bonds is 17. The van der Waals surface area contributed by atoms with Crippen LogP contribution in [0.3, 0.4) is 0 Å². The minimum absolute atomic E-state index is 0.116. The van der Waals surface area contributed by atoms with Gasteiger partial charge < -0.3 is 5.11 Å². The van der Waals surface area contributed by atoms with Crippen LogP contribution in [0.5, 0.6) is 5.88 Å². The summed E-state index contributed by atoms with van der Waals surface area (Å²) in [5.74, 6) is -2.12. The lowest BCUT2D eigenvalue weighted by atomic mass is 10.0. The number of nitrogens with zero attached hydrogens (tertiary/aromatic N) is 2. The first kappa shape index (κ1) is 27.9. The molecule has 0 saturated carbocycles. The van der Waals surface area contributed by atoms with Crippen LogP contribution >= 0.6 is 0 Å². The van der Waals surface area contributed by atoms with E-state index in [1.807, 2.05) is 0 Å². The Kier molecular flexibility index (Phi) is 12.2. The largest absolute Gasteiger partial charge is 0.493 e. The minimum Gasteiger partial charge on any atom is -0.493 e. The predicted octanol–water partition coefficient (Wildman–Crippen LogP) is 8.43. The maximum atomic E-state index is 13.3. The van der Waals surface area contributed by atoms with E-state index in [1.54, 1.807) is 12.1 Å². The van der Waals surface area contributed by atoms with Gasteiger partial charge in [-0.25, -0.2) is 4.98 Å². The molecule has 190 valence electrons. The number of carbonyl (C=O) groups excluding carboxylic acids is 1. The molecular formula is C27H39F3N2O2. The Morgan fingerprint density at radius 3 is 1.74 bits per heavy atom. The second-order valence-corrected chi connectivity index (χ2v) is 9.11. The summed E-state index contributed by atoms with van der Waals surface area (Å²) < 4.78 is 40.3. The number of aryl methyl sites for hydroxylation is 1. The molecule has 0 unspecified atom stereocenters. The molecule has 1 aromatic carbocycles. The van der Waals surface area contributed by atoms with Gasteiger partial charge >= 0.3 is 6.18 Å². The molecule has 0 saturated heterocycles. The van der Waals surface area contributed by atoms with Gasteiger partial charge in [0.2, 0.25) is 11.7 Å². The van der Waals surface area contributed by atoms with Gasteiger partial charge in [-0.05, 0) is 30.5 Å². The molecule has 0 radical (unpaired) electrons. The molecule has 2 aromatic rings. The fraction of sp³-hybridized carbons (Fsp3) is 0.630. The minimum atomic E-state index is -4.79. The van der Waals surface area contributed by atoms with Crippen LogP contribution in [-0.2, 0) is 12.6 Å². The average molecular weight is 481 g/mol. The van der Waals surface area contributed by atoms with Crippen molar-refractivity contribution in [2.24, 2.45) is 0 Å². The predicted molar refractivity (Wildman–Crippen MR) is 130 cm³/mol. The highest BCUT2D eigenvalue weighted by molar-refractivity contribution is 5.76. The van der Waals surface area contributed by atoms with Crippen molar-refractivity contribution in [3.05, 3.63) is 41.3 Å². The molecule has 0 aliphatic carbocycles. The molecule has 0 spiro atoms. The Hall–Kier alpha value is -2.31. The standard InChI is InChI=1S/C27H39F3N2O2/c1-2-3-4-5-6-7-8-9-10-11-12-13-14-15-16-22-17-19-23(20-18-22)32-25(34)24(21-33)31-26(32)27(28,29)30/h17-21,34H,2-16H2,1H3. The smallest absolute Gasteiger partial charge is 0.450 e. The van der Waals surface area contributed by atoms with E-state index in [2.05, 4.69) is 11.9 Å². The van der Waals surface area contributed by atoms with Crippen molar-refractivity contribution in [2.75, 3.05) is 0 Å². The highest BCUT2D eigenvalue weighted by Gasteiger charge is 2.39. The van der Waals surface area contributed by atoms with Gasteiger partial charge in [0.1, 0.15) is 0 Å². The molecule has 0 amide bonds. The molecular weight excluding hydrogens is 441 g/mol. The van der Waals surface area contributed by atoms with E-state index in [1.165, 1.54) is 89.2 Å². The molecule has 1 aromatic heterocycles. The SMILES string of the molecule is CCCCCCCCCCCCCCCCc1ccc(-n2c(C(F)(F)F)nc(C=O)c2O)cc1. The first-order valence-corrected chi connectivity index (χ1v) is 12.8. The van der Waals surface area contributed by atoms with Crippen molar-refractivity contribution < 1.29 is 23.1 Å². The van der Waals surface area contributed by atoms with Gasteiger partial charge in [-0.2, -0.15) is 13.2 Å². The first-order chi connectivity index (χ1) is 16.4. The Balaban J connectivity index is 1.65. The summed E-state index contributed by atoms with van der Waals surface area (Å²) in [5, 5.41) is 10.0. The molecule has 0 atom stereocenters. The summed E-state index contributed by atoms with van der Waals surface area (Å²) >= 11 is 0. The maximum absolute atomic E-state index is 13.3. The van der Waals surface area contributed by atoms with Crippen molar-refractivity contribution in [1.29, 1.82) is 0 Å². The molecule has 0 bridgehead atoms. The quantitative estimate of drug-likeness (QED) is 0.183. The maximum Gasteiger partial charge on any atom is 0.450 e. The first-order valence-electron chi connectivity index (χ1n) is 12.8. The van der Waals surface area contributed by atoms with Gasteiger partial charge in [-0.15, -0.1) is 0 Å². The summed E-state index contributed by atoms with van der Waals surface area (Å²) in [6, 6.07) is 6.56. The van der Waals surface area contributed by atoms with Crippen LogP contribution in [0.25, 0.3) is 5.69 Å². The van der Waals surface area contributed by atoms with Gasteiger partial charge in [-0.3, -0.25) is 9.36 Å². The fourth-order valence-corrected chi connectivity index (χ4v) is 4.28. The van der Waals surface area contributed by atoms with Crippen molar-refractivity contribution in [3.8, 4) is 11.6 Å². The average Bonchev–Trinajstić information content (AvgIpc) is 3.16. The zero-order valence-electron chi connectivity index (χ0n) is 20.4. The van der Waals surface area contributed by atoms with Crippen LogP contribution in [0.1, 0.15) is 119 Å². The zero-order valence-corrected chi connectivity index (χ0v) is 20.4. The third-order valence-electron chi connectivity index (χ3n) is 6.26. The number of imidazole rings is 1. The van der Waals surface area contributed by atoms with Gasteiger partial charge in [-0.1, -0.05) is 103 Å². The van der Waals surface area contributed by atoms with E-state index < -0.39 is 23.6 Å². The van der Waals surface area contributed by atoms with E-state index in [4.69, 9.17) is 0 Å². The van der Waals surface area contributed by atoms with E-state index >= 15 is 0 Å². The Bertz CT molecular complexity index is 845. The van der Waals surface area contributed by atoms with Crippen LogP contribution in [0.15, 0.2) is 24.3 Å². The number of halogens is 3. The zero-order chi connectivity index (χ0) is 24.8. The third kappa shape index (κ3) is 9.15. The lowest BCUT2D eigenvalue weighted by molar-refractivity contribution is -0.146. The lowest BCUT2D eigenvalue weighted by Gasteiger charge is -2.12. The monoisotopic (exact) mass is 480 g/mol. The molecule has 0 aliphatic rings. The van der Waals surface area contributed by atoms with Crippen molar-refractivity contribution in [1.82, 2.24) is 9.55 Å². The Morgan fingerprint density at radius 1 is 0.824 bits per heavy atom. The van der Waals surface area contributed by atoms with E-state index in [-0.39, 0.29) is 12.0 Å². The second kappa shape index (κ2) is 14.8. The number of aromatic nitrogens is 2. The molecule has 1 N–H and O–H groups in total. The molecule has 34 heavy (non-hydrogen) atoms. The molecule has 0 aliphatic heterocycles. The molecule has 2 rings (SSSR count). The number of alkyl halides is 3. The van der Waals surface area contributed by atoms with Crippen molar-refractivity contribution in [2.45, 2.75) is 109 Å². The van der Waals surface area contributed by atoms with Crippen LogP contribution in [0, 0.1) is 0 Å². The summed E-state index contributed by atoms with van der Waals surface area (Å²) in [7, 11) is 0. The van der Waals surface area contributed by atoms with E-state index in [9.17, 15) is 23.1 Å². The van der Waals surface area contributed by atoms with Gasteiger partial charge in [0, 0.05) is 0 Å². The van der Waals surface area contributed by atoms with Crippen LogP contribution in [0.4, 0.5) is 13.2 Å². The van der Waals surface area contributed by atoms with Crippen LogP contribution < -0.4 is 0 Å². The highest BCUT2D eigenvalue weighted by atomic mass is 19.4. The number of hydrogen-bond acceptors (Lipinski definition) is 3. The highest BCUT2D eigenvalue weighted by Crippen LogP contribution is 2.35. The fourth-order valence-electron chi connectivity index (χ4n) is 4.28. The number of carbonyl (C=O) groups is 1. The Labute approximate surface area is 201 Å². The summed E-state index contributed by atoms with van der Waals surface area (Å²) in [6.07, 6.45) is 14.4. The van der Waals surface area contributed by atoms with Crippen LogP contribution in [0.2, 0.25) is 0 Å². The van der Waals surface area contributed by atoms with Gasteiger partial charge in [0.15, 0.2) is 12.0 Å². The Morgan fingerprint density at radius 2 is 1.29 bits per heavy atom. The van der Waals surface area contributed by atoms with E-state index in [0.717, 1.165) is 24.8 Å². The second-order valence-electron chi connectivity index (χ2n) is 9.11. The topological polar surface area (TPSA) is 55.1 Å². The molecule has 0 fully saturated rings. The number of aldehydes is 1. The van der Waals surface area contributed by atoms with Gasteiger partial charge in [0.05, 0.1) is 5.69 Å². The number of hydrogen-bond donors (Lipinski definition) is 1. The molecule has 1 heterocycles. The molecule has 4 nitrogen and oxygen atoms in total. The number of aromatic hydroxyl groups is 1. The summed E-state index contributed by atoms with van der Waals surface area (Å²) in [4.78, 5) is 14.2. The van der Waals surface area contributed by atoms with Crippen molar-refractivity contribution >= 4 is 6.29 Å². The number of benzene rings is 1. The lowest BCUT2D eigenvalue weighted by Crippen LogP contribution is -2.13.